The van der Waals surface area contributed by atoms with Crippen LogP contribution in [0.3, 0.4) is 0 Å². The van der Waals surface area contributed by atoms with Gasteiger partial charge in [-0.3, -0.25) is 4.79 Å². The van der Waals surface area contributed by atoms with Gasteiger partial charge in [-0.15, -0.1) is 0 Å². The van der Waals surface area contributed by atoms with Gasteiger partial charge in [0.25, 0.3) is 0 Å². The number of aldehydes is 1. The second-order valence-corrected chi connectivity index (χ2v) is 5.14. The maximum atomic E-state index is 10.5. The van der Waals surface area contributed by atoms with Crippen molar-refractivity contribution in [3.05, 3.63) is 0 Å². The van der Waals surface area contributed by atoms with Crippen LogP contribution in [0.2, 0.25) is 0 Å². The lowest BCUT2D eigenvalue weighted by molar-refractivity contribution is -0.145. The Bertz CT molecular complexity index is 378. The van der Waals surface area contributed by atoms with E-state index in [4.69, 9.17) is 51.1 Å². The molecule has 0 aromatic heterocycles. The van der Waals surface area contributed by atoms with Crippen LogP contribution < -0.4 is 0 Å². The highest BCUT2D eigenvalue weighted by Gasteiger charge is 2.32. The van der Waals surface area contributed by atoms with Gasteiger partial charge in [-0.2, -0.15) is 0 Å². The molecule has 0 amide bonds. The minimum atomic E-state index is -1.79. The summed E-state index contributed by atoms with van der Waals surface area (Å²) in [5.41, 5.74) is 0. The molecule has 150 valence electrons. The summed E-state index contributed by atoms with van der Waals surface area (Å²) in [6.07, 6.45) is -13.7. The Kier molecular flexibility index (Phi) is 13.8. The van der Waals surface area contributed by atoms with E-state index in [0.717, 1.165) is 6.92 Å². The van der Waals surface area contributed by atoms with E-state index in [9.17, 15) is 9.59 Å². The summed E-state index contributed by atoms with van der Waals surface area (Å²) in [5.74, 6) is -0.725. The van der Waals surface area contributed by atoms with Crippen LogP contribution in [0.5, 0.6) is 0 Å². The molecule has 0 bridgehead atoms. The summed E-state index contributed by atoms with van der Waals surface area (Å²) in [5, 5.41) is 87.8. The van der Waals surface area contributed by atoms with Crippen molar-refractivity contribution in [3.8, 4) is 0 Å². The molecule has 0 fully saturated rings. The maximum absolute atomic E-state index is 10.5. The van der Waals surface area contributed by atoms with Gasteiger partial charge in [0, 0.05) is 0 Å². The van der Waals surface area contributed by atoms with Crippen molar-refractivity contribution in [2.45, 2.75) is 55.8 Å². The number of carbonyl (C=O) groups is 2. The van der Waals surface area contributed by atoms with E-state index >= 15 is 0 Å². The summed E-state index contributed by atoms with van der Waals surface area (Å²) in [7, 11) is 0. The first-order valence-electron chi connectivity index (χ1n) is 7.08. The molecule has 0 saturated heterocycles. The van der Waals surface area contributed by atoms with Crippen molar-refractivity contribution in [3.63, 3.8) is 0 Å². The number of carbonyl (C=O) groups excluding carboxylic acids is 2. The van der Waals surface area contributed by atoms with Crippen LogP contribution in [0.1, 0.15) is 6.92 Å². The number of hydrogen-bond acceptors (Lipinski definition) is 12. The Labute approximate surface area is 142 Å². The average Bonchev–Trinajstić information content (AvgIpc) is 2.62. The van der Waals surface area contributed by atoms with Gasteiger partial charge in [-0.05, 0) is 6.92 Å². The lowest BCUT2D eigenvalue weighted by atomic mass is 10.0. The Morgan fingerprint density at radius 2 is 1.12 bits per heavy atom. The van der Waals surface area contributed by atoms with Gasteiger partial charge in [0.05, 0.1) is 13.2 Å². The number of rotatable bonds is 10. The van der Waals surface area contributed by atoms with Crippen LogP contribution in [0.25, 0.3) is 0 Å². The van der Waals surface area contributed by atoms with Crippen molar-refractivity contribution < 1.29 is 60.7 Å². The molecular weight excluding hydrogens is 348 g/mol. The summed E-state index contributed by atoms with van der Waals surface area (Å²) < 4.78 is 0. The fraction of sp³-hybridized carbons (Fsp3) is 0.846. The van der Waals surface area contributed by atoms with Gasteiger partial charge in [0.2, 0.25) is 0 Å². The predicted octanol–water partition coefficient (Wildman–Crippen LogP) is -6.37. The molecule has 0 unspecified atom stereocenters. The molecule has 10 N–H and O–H groups in total. The number of aliphatic hydroxyl groups excluding tert-OH is 10. The summed E-state index contributed by atoms with van der Waals surface area (Å²) in [6.45, 7) is -0.488. The quantitative estimate of drug-likeness (QED) is 0.161. The van der Waals surface area contributed by atoms with E-state index in [2.05, 4.69) is 0 Å². The molecule has 12 heteroatoms. The summed E-state index contributed by atoms with van der Waals surface area (Å²) >= 11 is 0. The number of ketones is 1. The van der Waals surface area contributed by atoms with Gasteiger partial charge in [0.15, 0.2) is 12.1 Å². The first-order valence-corrected chi connectivity index (χ1v) is 7.08. The van der Waals surface area contributed by atoms with Crippen molar-refractivity contribution in [1.82, 2.24) is 0 Å². The second kappa shape index (κ2) is 13.2. The fourth-order valence-corrected chi connectivity index (χ4v) is 1.38. The second-order valence-electron chi connectivity index (χ2n) is 5.14. The van der Waals surface area contributed by atoms with Crippen molar-refractivity contribution in [2.24, 2.45) is 0 Å². The molecule has 0 aromatic rings. The van der Waals surface area contributed by atoms with Gasteiger partial charge in [0.1, 0.15) is 48.8 Å². The third kappa shape index (κ3) is 9.27. The molecule has 0 aromatic carbocycles. The Morgan fingerprint density at radius 3 is 1.40 bits per heavy atom. The van der Waals surface area contributed by atoms with Crippen molar-refractivity contribution >= 4 is 12.1 Å². The number of hydrogen-bond donors (Lipinski definition) is 10. The van der Waals surface area contributed by atoms with Crippen LogP contribution in [0, 0.1) is 0 Å². The largest absolute Gasteiger partial charge is 0.394 e. The monoisotopic (exact) mass is 374 g/mol. The van der Waals surface area contributed by atoms with Crippen LogP contribution in [0.4, 0.5) is 0 Å². The van der Waals surface area contributed by atoms with Crippen LogP contribution in [0.15, 0.2) is 0 Å². The molecule has 0 spiro atoms. The van der Waals surface area contributed by atoms with Crippen molar-refractivity contribution in [2.75, 3.05) is 13.2 Å². The first-order chi connectivity index (χ1) is 11.5. The van der Waals surface area contributed by atoms with E-state index in [1.54, 1.807) is 0 Å². The molecule has 0 aliphatic carbocycles. The zero-order chi connectivity index (χ0) is 20.3. The third-order valence-electron chi connectivity index (χ3n) is 3.09. The predicted molar refractivity (Wildman–Crippen MR) is 79.0 cm³/mol. The molecule has 0 radical (unpaired) electrons. The van der Waals surface area contributed by atoms with Gasteiger partial charge >= 0.3 is 0 Å². The smallest absolute Gasteiger partial charge is 0.160 e. The van der Waals surface area contributed by atoms with E-state index in [-0.39, 0.29) is 6.29 Å². The molecule has 0 rings (SSSR count). The SMILES string of the molecule is CC(=O)[C@H](O)[C@@H](O)[C@H](O)[C@H](O)CO.O=C[C@H](O)[C@@H](O)[C@H](O)[C@H](O)CO. The minimum Gasteiger partial charge on any atom is -0.394 e. The maximum Gasteiger partial charge on any atom is 0.160 e. The highest BCUT2D eigenvalue weighted by atomic mass is 16.4. The number of Topliss-reactive ketones (excluding diaryl/α,β-unsaturated/α-hetero) is 1. The highest BCUT2D eigenvalue weighted by molar-refractivity contribution is 5.80. The normalized spacial score (nSPS) is 20.8. The zero-order valence-corrected chi connectivity index (χ0v) is 13.4. The Morgan fingerprint density at radius 1 is 0.760 bits per heavy atom. The van der Waals surface area contributed by atoms with Gasteiger partial charge < -0.3 is 55.9 Å². The summed E-state index contributed by atoms with van der Waals surface area (Å²) in [4.78, 5) is 20.4. The molecule has 0 heterocycles. The third-order valence-corrected chi connectivity index (χ3v) is 3.09. The molecule has 0 saturated carbocycles. The molecule has 0 aliphatic rings. The van der Waals surface area contributed by atoms with Crippen molar-refractivity contribution in [1.29, 1.82) is 0 Å². The van der Waals surface area contributed by atoms with Gasteiger partial charge in [-0.25, -0.2) is 0 Å². The van der Waals surface area contributed by atoms with Crippen LogP contribution in [-0.2, 0) is 9.59 Å². The standard InChI is InChI=1S/C7H14O6.C6H12O6/c1-3(9)5(11)7(13)6(12)4(10)2-8;7-1-3(9)5(11)6(12)4(10)2-8/h4-8,10-13H,2H2,1H3;1,3-6,8-12H,2H2/t4-,5+,6-,7-;3-,4+,5+,6+/m10/s1. The number of aliphatic hydroxyl groups is 10. The molecule has 8 atom stereocenters. The fourth-order valence-electron chi connectivity index (χ4n) is 1.38. The molecular formula is C13H26O12. The lowest BCUT2D eigenvalue weighted by Crippen LogP contribution is -2.48. The summed E-state index contributed by atoms with van der Waals surface area (Å²) in [6, 6.07) is 0. The van der Waals surface area contributed by atoms with Gasteiger partial charge in [-0.1, -0.05) is 0 Å². The van der Waals surface area contributed by atoms with Crippen LogP contribution in [-0.4, -0.2) is 125 Å². The molecule has 0 aliphatic heterocycles. The Hall–Kier alpha value is -1.06. The van der Waals surface area contributed by atoms with Crippen LogP contribution >= 0.6 is 0 Å². The van der Waals surface area contributed by atoms with E-state index in [0.29, 0.717) is 0 Å². The Balaban J connectivity index is 0. The van der Waals surface area contributed by atoms with E-state index in [1.165, 1.54) is 0 Å². The zero-order valence-electron chi connectivity index (χ0n) is 13.4. The first kappa shape index (κ1) is 26.2. The van der Waals surface area contributed by atoms with E-state index in [1.807, 2.05) is 0 Å². The molecule has 12 nitrogen and oxygen atoms in total. The van der Waals surface area contributed by atoms with E-state index < -0.39 is 67.8 Å². The lowest BCUT2D eigenvalue weighted by Gasteiger charge is -2.23. The topological polar surface area (TPSA) is 236 Å². The average molecular weight is 374 g/mol. The minimum absolute atomic E-state index is 0.0258. The highest BCUT2D eigenvalue weighted by Crippen LogP contribution is 2.05. The molecule has 25 heavy (non-hydrogen) atoms.